The number of carbonyl (C=O) groups excluding carboxylic acids is 2. The van der Waals surface area contributed by atoms with Gasteiger partial charge in [-0.05, 0) is 12.1 Å². The van der Waals surface area contributed by atoms with Crippen molar-refractivity contribution in [1.29, 1.82) is 0 Å². The summed E-state index contributed by atoms with van der Waals surface area (Å²) in [5.74, 6) is -0.333. The van der Waals surface area contributed by atoms with E-state index in [1.54, 1.807) is 25.4 Å². The van der Waals surface area contributed by atoms with Crippen LogP contribution in [0.2, 0.25) is 0 Å². The number of nitrogens with zero attached hydrogens (tertiary/aromatic N) is 1. The van der Waals surface area contributed by atoms with E-state index in [2.05, 4.69) is 20.4 Å². The van der Waals surface area contributed by atoms with E-state index < -0.39 is 6.09 Å². The normalized spacial score (nSPS) is 9.47. The number of pyridine rings is 1. The number of nitrogens with one attached hydrogen (secondary N) is 2. The number of primary amides is 1. The second kappa shape index (κ2) is 6.31. The van der Waals surface area contributed by atoms with Gasteiger partial charge in [-0.1, -0.05) is 0 Å². The van der Waals surface area contributed by atoms with Crippen molar-refractivity contribution in [3.05, 3.63) is 24.0 Å². The van der Waals surface area contributed by atoms with Gasteiger partial charge in [-0.2, -0.15) is 0 Å². The molecule has 17 heavy (non-hydrogen) atoms. The summed E-state index contributed by atoms with van der Waals surface area (Å²) in [6.45, 7) is 0.229. The molecule has 0 bridgehead atoms. The SMILES string of the molecule is CNc1ccc(C(=O)NCCOC(N)=O)nc1. The highest BCUT2D eigenvalue weighted by molar-refractivity contribution is 5.92. The maximum Gasteiger partial charge on any atom is 0.404 e. The van der Waals surface area contributed by atoms with Crippen molar-refractivity contribution < 1.29 is 14.3 Å². The van der Waals surface area contributed by atoms with Gasteiger partial charge < -0.3 is 21.1 Å². The second-order valence-corrected chi connectivity index (χ2v) is 3.11. The lowest BCUT2D eigenvalue weighted by molar-refractivity contribution is 0.0932. The summed E-state index contributed by atoms with van der Waals surface area (Å²) in [4.78, 5) is 25.7. The van der Waals surface area contributed by atoms with Crippen LogP contribution in [0.4, 0.5) is 10.5 Å². The van der Waals surface area contributed by atoms with Crippen molar-refractivity contribution in [2.75, 3.05) is 25.5 Å². The number of ether oxygens (including phenoxy) is 1. The van der Waals surface area contributed by atoms with Gasteiger partial charge in [0.1, 0.15) is 12.3 Å². The fourth-order valence-electron chi connectivity index (χ4n) is 1.08. The molecule has 1 aromatic heterocycles. The lowest BCUT2D eigenvalue weighted by Gasteiger charge is -2.05. The summed E-state index contributed by atoms with van der Waals surface area (Å²) in [6.07, 6.45) is 0.685. The zero-order valence-corrected chi connectivity index (χ0v) is 9.40. The van der Waals surface area contributed by atoms with Gasteiger partial charge in [0.2, 0.25) is 0 Å². The van der Waals surface area contributed by atoms with Crippen LogP contribution in [0.25, 0.3) is 0 Å². The van der Waals surface area contributed by atoms with Gasteiger partial charge in [-0.15, -0.1) is 0 Å². The number of amides is 2. The molecule has 0 spiro atoms. The highest BCUT2D eigenvalue weighted by atomic mass is 16.5. The number of nitrogens with two attached hydrogens (primary N) is 1. The lowest BCUT2D eigenvalue weighted by atomic mass is 10.3. The van der Waals surface area contributed by atoms with Crippen LogP contribution in [-0.2, 0) is 4.74 Å². The molecule has 0 atom stereocenters. The molecule has 4 N–H and O–H groups in total. The van der Waals surface area contributed by atoms with Crippen LogP contribution in [0.3, 0.4) is 0 Å². The largest absolute Gasteiger partial charge is 0.448 e. The third kappa shape index (κ3) is 4.37. The number of hydrogen-bond acceptors (Lipinski definition) is 5. The fraction of sp³-hybridized carbons (Fsp3) is 0.300. The monoisotopic (exact) mass is 238 g/mol. The Kier molecular flexibility index (Phi) is 4.74. The highest BCUT2D eigenvalue weighted by Gasteiger charge is 2.06. The molecule has 0 fully saturated rings. The van der Waals surface area contributed by atoms with Crippen molar-refractivity contribution in [2.24, 2.45) is 5.73 Å². The number of rotatable bonds is 5. The van der Waals surface area contributed by atoms with Crippen LogP contribution in [0.1, 0.15) is 10.5 Å². The van der Waals surface area contributed by atoms with E-state index in [1.165, 1.54) is 0 Å². The fourth-order valence-corrected chi connectivity index (χ4v) is 1.08. The van der Waals surface area contributed by atoms with Gasteiger partial charge in [0, 0.05) is 7.05 Å². The molecule has 92 valence electrons. The van der Waals surface area contributed by atoms with Gasteiger partial charge in [0.25, 0.3) is 5.91 Å². The minimum Gasteiger partial charge on any atom is -0.448 e. The molecule has 7 heteroatoms. The number of aromatic nitrogens is 1. The van der Waals surface area contributed by atoms with Crippen LogP contribution in [0, 0.1) is 0 Å². The summed E-state index contributed by atoms with van der Waals surface area (Å²) < 4.78 is 4.46. The first-order chi connectivity index (χ1) is 8.13. The third-order valence-corrected chi connectivity index (χ3v) is 1.92. The summed E-state index contributed by atoms with van der Waals surface area (Å²) in [6, 6.07) is 3.33. The predicted molar refractivity (Wildman–Crippen MR) is 61.7 cm³/mol. The molecule has 0 unspecified atom stereocenters. The molecule has 2 amide bonds. The van der Waals surface area contributed by atoms with Crippen molar-refractivity contribution >= 4 is 17.7 Å². The van der Waals surface area contributed by atoms with Gasteiger partial charge in [-0.3, -0.25) is 4.79 Å². The van der Waals surface area contributed by atoms with Crippen LogP contribution < -0.4 is 16.4 Å². The van der Waals surface area contributed by atoms with Crippen molar-refractivity contribution in [3.63, 3.8) is 0 Å². The third-order valence-electron chi connectivity index (χ3n) is 1.92. The Morgan fingerprint density at radius 2 is 2.24 bits per heavy atom. The maximum absolute atomic E-state index is 11.5. The quantitative estimate of drug-likeness (QED) is 0.623. The Morgan fingerprint density at radius 1 is 1.47 bits per heavy atom. The maximum atomic E-state index is 11.5. The van der Waals surface area contributed by atoms with Crippen molar-refractivity contribution in [3.8, 4) is 0 Å². The van der Waals surface area contributed by atoms with E-state index in [1.807, 2.05) is 0 Å². The summed E-state index contributed by atoms with van der Waals surface area (Å²) >= 11 is 0. The molecule has 1 heterocycles. The van der Waals surface area contributed by atoms with E-state index in [9.17, 15) is 9.59 Å². The van der Waals surface area contributed by atoms with Crippen LogP contribution >= 0.6 is 0 Å². The van der Waals surface area contributed by atoms with E-state index in [-0.39, 0.29) is 19.1 Å². The van der Waals surface area contributed by atoms with E-state index in [4.69, 9.17) is 5.73 Å². The van der Waals surface area contributed by atoms with Crippen molar-refractivity contribution in [2.45, 2.75) is 0 Å². The highest BCUT2D eigenvalue weighted by Crippen LogP contribution is 2.04. The molecule has 0 saturated carbocycles. The molecular weight excluding hydrogens is 224 g/mol. The van der Waals surface area contributed by atoms with Crippen LogP contribution in [0.15, 0.2) is 18.3 Å². The molecular formula is C10H14N4O3. The van der Waals surface area contributed by atoms with E-state index in [0.717, 1.165) is 5.69 Å². The molecule has 0 saturated heterocycles. The Labute approximate surface area is 98.4 Å². The lowest BCUT2D eigenvalue weighted by Crippen LogP contribution is -2.29. The molecule has 0 aromatic carbocycles. The van der Waals surface area contributed by atoms with Gasteiger partial charge in [0.15, 0.2) is 0 Å². The molecule has 7 nitrogen and oxygen atoms in total. The first-order valence-corrected chi connectivity index (χ1v) is 4.97. The summed E-state index contributed by atoms with van der Waals surface area (Å²) in [5, 5.41) is 5.43. The first-order valence-electron chi connectivity index (χ1n) is 4.97. The molecule has 0 aliphatic rings. The Morgan fingerprint density at radius 3 is 2.76 bits per heavy atom. The standard InChI is InChI=1S/C10H14N4O3/c1-12-7-2-3-8(14-6-7)9(15)13-4-5-17-10(11)16/h2-3,6,12H,4-5H2,1H3,(H2,11,16)(H,13,15). The molecule has 0 aliphatic carbocycles. The van der Waals surface area contributed by atoms with E-state index in [0.29, 0.717) is 5.69 Å². The zero-order valence-electron chi connectivity index (χ0n) is 9.40. The Hall–Kier alpha value is -2.31. The van der Waals surface area contributed by atoms with Crippen LogP contribution in [0.5, 0.6) is 0 Å². The first kappa shape index (κ1) is 12.8. The minimum atomic E-state index is -0.865. The molecule has 0 radical (unpaired) electrons. The predicted octanol–water partition coefficient (Wildman–Crippen LogP) is -0.0516. The number of carbonyl (C=O) groups is 2. The average Bonchev–Trinajstić information content (AvgIpc) is 2.34. The van der Waals surface area contributed by atoms with E-state index >= 15 is 0 Å². The average molecular weight is 238 g/mol. The second-order valence-electron chi connectivity index (χ2n) is 3.11. The minimum absolute atomic E-state index is 0.0374. The Bertz CT molecular complexity index is 391. The van der Waals surface area contributed by atoms with Crippen molar-refractivity contribution in [1.82, 2.24) is 10.3 Å². The molecule has 1 rings (SSSR count). The molecule has 1 aromatic rings. The smallest absolute Gasteiger partial charge is 0.404 e. The topological polar surface area (TPSA) is 106 Å². The van der Waals surface area contributed by atoms with Crippen LogP contribution in [-0.4, -0.2) is 37.2 Å². The van der Waals surface area contributed by atoms with Gasteiger partial charge in [0.05, 0.1) is 18.4 Å². The number of hydrogen-bond donors (Lipinski definition) is 3. The Balaban J connectivity index is 2.38. The summed E-state index contributed by atoms with van der Waals surface area (Å²) in [7, 11) is 1.76. The molecule has 0 aliphatic heterocycles. The summed E-state index contributed by atoms with van der Waals surface area (Å²) in [5.41, 5.74) is 5.87. The zero-order chi connectivity index (χ0) is 12.7. The van der Waals surface area contributed by atoms with Gasteiger partial charge in [-0.25, -0.2) is 9.78 Å². The van der Waals surface area contributed by atoms with Gasteiger partial charge >= 0.3 is 6.09 Å². The number of anilines is 1.